The molecule has 11 heteroatoms. The van der Waals surface area contributed by atoms with Gasteiger partial charge in [0.25, 0.3) is 0 Å². The Balaban J connectivity index is 1.05. The Hall–Kier alpha value is -3.57. The van der Waals surface area contributed by atoms with Gasteiger partial charge in [0.15, 0.2) is 11.5 Å². The summed E-state index contributed by atoms with van der Waals surface area (Å²) in [6.07, 6.45) is 6.94. The van der Waals surface area contributed by atoms with Crippen molar-refractivity contribution in [1.82, 2.24) is 34.0 Å². The second-order valence-electron chi connectivity index (χ2n) is 10.9. The number of benzene rings is 1. The first-order chi connectivity index (χ1) is 18.3. The number of fused-ring (bicyclic) bond motifs is 2. The van der Waals surface area contributed by atoms with Gasteiger partial charge in [-0.1, -0.05) is 12.1 Å². The number of imidazole rings is 2. The van der Waals surface area contributed by atoms with Gasteiger partial charge in [0.2, 0.25) is 5.91 Å². The fourth-order valence-electron chi connectivity index (χ4n) is 6.19. The first kappa shape index (κ1) is 24.7. The van der Waals surface area contributed by atoms with Crippen molar-refractivity contribution in [2.45, 2.75) is 62.7 Å². The average Bonchev–Trinajstić information content (AvgIpc) is 3.46. The molecule has 5 heterocycles. The Morgan fingerprint density at radius 3 is 2.76 bits per heavy atom. The lowest BCUT2D eigenvalue weighted by atomic mass is 9.75. The highest BCUT2D eigenvalue weighted by Gasteiger charge is 2.50. The van der Waals surface area contributed by atoms with Crippen molar-refractivity contribution in [3.05, 3.63) is 42.7 Å². The van der Waals surface area contributed by atoms with Crippen LogP contribution in [0, 0.1) is 0 Å². The Labute approximate surface area is 220 Å². The largest absolute Gasteiger partial charge is 0.388 e. The number of nitrogens with two attached hydrogens (primary N) is 1. The minimum absolute atomic E-state index is 0.168. The number of para-hydroxylation sites is 2. The van der Waals surface area contributed by atoms with Gasteiger partial charge in [0.1, 0.15) is 17.7 Å². The summed E-state index contributed by atoms with van der Waals surface area (Å²) in [6, 6.07) is 7.74. The fourth-order valence-corrected chi connectivity index (χ4v) is 6.19. The van der Waals surface area contributed by atoms with E-state index in [1.807, 2.05) is 41.6 Å². The summed E-state index contributed by atoms with van der Waals surface area (Å²) in [4.78, 5) is 32.3. The Kier molecular flexibility index (Phi) is 6.07. The van der Waals surface area contributed by atoms with Crippen LogP contribution in [0.4, 0.5) is 5.82 Å². The Morgan fingerprint density at radius 1 is 1.21 bits per heavy atom. The first-order valence-corrected chi connectivity index (χ1v) is 13.2. The number of piperidine rings is 1. The van der Waals surface area contributed by atoms with Crippen molar-refractivity contribution in [2.75, 3.05) is 25.4 Å². The van der Waals surface area contributed by atoms with E-state index in [2.05, 4.69) is 25.6 Å². The van der Waals surface area contributed by atoms with Crippen LogP contribution in [0.1, 0.15) is 50.9 Å². The number of amides is 1. The molecule has 38 heavy (non-hydrogen) atoms. The van der Waals surface area contributed by atoms with Crippen LogP contribution in [-0.4, -0.2) is 75.9 Å². The van der Waals surface area contributed by atoms with Gasteiger partial charge >= 0.3 is 0 Å². The molecule has 0 saturated carbocycles. The minimum Gasteiger partial charge on any atom is -0.388 e. The molecule has 1 spiro atoms. The molecule has 200 valence electrons. The van der Waals surface area contributed by atoms with E-state index in [1.165, 1.54) is 6.33 Å². The number of hydrogen-bond donors (Lipinski definition) is 2. The molecule has 6 rings (SSSR count). The predicted octanol–water partition coefficient (Wildman–Crippen LogP) is 2.39. The minimum atomic E-state index is -1.04. The quantitative estimate of drug-likeness (QED) is 0.411. The molecule has 4 aromatic rings. The molecule has 0 unspecified atom stereocenters. The van der Waals surface area contributed by atoms with Crippen molar-refractivity contribution in [1.29, 1.82) is 0 Å². The molecule has 11 nitrogen and oxygen atoms in total. The van der Waals surface area contributed by atoms with E-state index >= 15 is 0 Å². The highest BCUT2D eigenvalue weighted by Crippen LogP contribution is 2.44. The molecular formula is C27H34N8O3. The van der Waals surface area contributed by atoms with Crippen molar-refractivity contribution in [3.8, 4) is 0 Å². The molecule has 1 aromatic carbocycles. The van der Waals surface area contributed by atoms with Crippen LogP contribution in [-0.2, 0) is 23.0 Å². The highest BCUT2D eigenvalue weighted by molar-refractivity contribution is 5.81. The van der Waals surface area contributed by atoms with Gasteiger partial charge in [0.05, 0.1) is 41.2 Å². The monoisotopic (exact) mass is 518 g/mol. The number of aromatic nitrogens is 6. The number of anilines is 1. The number of aliphatic hydroxyl groups is 1. The number of aryl methyl sites for hydroxylation is 2. The lowest BCUT2D eigenvalue weighted by Gasteiger charge is -2.51. The molecule has 2 fully saturated rings. The smallest absolute Gasteiger partial charge is 0.222 e. The third-order valence-corrected chi connectivity index (χ3v) is 8.37. The zero-order chi connectivity index (χ0) is 26.5. The Morgan fingerprint density at radius 2 is 2.00 bits per heavy atom. The van der Waals surface area contributed by atoms with Crippen LogP contribution in [0.3, 0.4) is 0 Å². The number of likely N-dealkylation sites (tertiary alicyclic amines) is 1. The third-order valence-electron chi connectivity index (χ3n) is 8.37. The van der Waals surface area contributed by atoms with E-state index in [9.17, 15) is 9.90 Å². The van der Waals surface area contributed by atoms with E-state index in [-0.39, 0.29) is 11.9 Å². The molecule has 3 N–H and O–H groups in total. The van der Waals surface area contributed by atoms with E-state index in [0.717, 1.165) is 29.7 Å². The normalized spacial score (nSPS) is 23.4. The molecule has 0 bridgehead atoms. The summed E-state index contributed by atoms with van der Waals surface area (Å²) in [7, 11) is 2.03. The van der Waals surface area contributed by atoms with Gasteiger partial charge < -0.3 is 29.6 Å². The van der Waals surface area contributed by atoms with Crippen LogP contribution in [0.15, 0.2) is 36.9 Å². The van der Waals surface area contributed by atoms with Gasteiger partial charge in [-0.25, -0.2) is 19.9 Å². The maximum absolute atomic E-state index is 13.0. The third kappa shape index (κ3) is 4.29. The second kappa shape index (κ2) is 9.32. The molecule has 0 aliphatic carbocycles. The van der Waals surface area contributed by atoms with Crippen molar-refractivity contribution >= 4 is 33.9 Å². The number of carbonyl (C=O) groups is 1. The summed E-state index contributed by atoms with van der Waals surface area (Å²) >= 11 is 0. The lowest BCUT2D eigenvalue weighted by molar-refractivity contribution is -0.197. The molecular weight excluding hydrogens is 484 g/mol. The van der Waals surface area contributed by atoms with Crippen molar-refractivity contribution < 1.29 is 14.6 Å². The average molecular weight is 519 g/mol. The molecule has 2 aliphatic rings. The van der Waals surface area contributed by atoms with Gasteiger partial charge in [-0.3, -0.25) is 4.79 Å². The summed E-state index contributed by atoms with van der Waals surface area (Å²) in [6.45, 7) is 3.43. The number of nitrogen functional groups attached to an aromatic ring is 1. The predicted molar refractivity (Wildman–Crippen MR) is 142 cm³/mol. The summed E-state index contributed by atoms with van der Waals surface area (Å²) in [5.74, 6) is 1.48. The summed E-state index contributed by atoms with van der Waals surface area (Å²) < 4.78 is 10.4. The number of nitrogens with zero attached hydrogens (tertiary/aromatic N) is 7. The molecule has 2 aliphatic heterocycles. The topological polar surface area (TPSA) is 137 Å². The van der Waals surface area contributed by atoms with Crippen LogP contribution in [0.25, 0.3) is 22.2 Å². The van der Waals surface area contributed by atoms with Crippen molar-refractivity contribution in [2.24, 2.45) is 7.05 Å². The summed E-state index contributed by atoms with van der Waals surface area (Å²) in [5.41, 5.74) is 7.66. The Bertz CT molecular complexity index is 1480. The van der Waals surface area contributed by atoms with Gasteiger partial charge in [-0.15, -0.1) is 0 Å². The van der Waals surface area contributed by atoms with Gasteiger partial charge in [-0.05, 0) is 38.3 Å². The van der Waals surface area contributed by atoms with Crippen LogP contribution >= 0.6 is 0 Å². The zero-order valence-corrected chi connectivity index (χ0v) is 21.9. The van der Waals surface area contributed by atoms with E-state index in [1.54, 1.807) is 6.33 Å². The highest BCUT2D eigenvalue weighted by atomic mass is 16.5. The molecule has 2 saturated heterocycles. The lowest BCUT2D eigenvalue weighted by Crippen LogP contribution is -2.57. The SMILES string of the molecule is Cn1c(CCCC(=O)N2CCC3(CC2)C[C@@](C)(O)[C@H](n2cnc4c(N)ncnc42)CO3)nc2ccccc21. The van der Waals surface area contributed by atoms with Crippen molar-refractivity contribution in [3.63, 3.8) is 0 Å². The maximum atomic E-state index is 13.0. The summed E-state index contributed by atoms with van der Waals surface area (Å²) in [5, 5.41) is 11.5. The molecule has 2 atom stereocenters. The maximum Gasteiger partial charge on any atom is 0.222 e. The van der Waals surface area contributed by atoms with E-state index < -0.39 is 11.2 Å². The standard InChI is InChI=1S/C27H34N8O3/c1-26(37)15-27(38-14-20(26)35-17-31-23-24(28)29-16-30-25(23)35)10-12-34(13-11-27)22(36)9-5-8-21-32-18-6-3-4-7-19(18)33(21)2/h3-4,6-7,16-17,20,37H,5,8-15H2,1-2H3,(H2,28,29,30)/t20-,26-/m1/s1. The van der Waals surface area contributed by atoms with Gasteiger partial charge in [0, 0.05) is 39.4 Å². The molecule has 1 amide bonds. The number of rotatable bonds is 5. The zero-order valence-electron chi connectivity index (χ0n) is 21.9. The first-order valence-electron chi connectivity index (χ1n) is 13.2. The molecule has 3 aromatic heterocycles. The van der Waals surface area contributed by atoms with E-state index in [4.69, 9.17) is 15.5 Å². The van der Waals surface area contributed by atoms with Crippen LogP contribution in [0.5, 0.6) is 0 Å². The second-order valence-corrected chi connectivity index (χ2v) is 10.9. The van der Waals surface area contributed by atoms with Crippen LogP contribution in [0.2, 0.25) is 0 Å². The number of ether oxygens (including phenoxy) is 1. The number of carbonyl (C=O) groups excluding carboxylic acids is 1. The fraction of sp³-hybridized carbons (Fsp3) is 0.519. The number of hydrogen-bond acceptors (Lipinski definition) is 8. The van der Waals surface area contributed by atoms with Gasteiger partial charge in [-0.2, -0.15) is 0 Å². The molecule has 0 radical (unpaired) electrons. The van der Waals surface area contributed by atoms with E-state index in [0.29, 0.717) is 62.4 Å². The van der Waals surface area contributed by atoms with Crippen LogP contribution < -0.4 is 5.73 Å².